The largest absolute Gasteiger partial charge is 0.330 e. The summed E-state index contributed by atoms with van der Waals surface area (Å²) in [5.74, 6) is -0.109. The van der Waals surface area contributed by atoms with E-state index in [4.69, 9.17) is 5.73 Å². The number of aryl methyl sites for hydroxylation is 1. The van der Waals surface area contributed by atoms with E-state index in [0.717, 1.165) is 36.9 Å². The molecule has 5 heteroatoms. The van der Waals surface area contributed by atoms with Crippen LogP contribution in [0.5, 0.6) is 0 Å². The lowest BCUT2D eigenvalue weighted by Gasteiger charge is -2.12. The summed E-state index contributed by atoms with van der Waals surface area (Å²) in [7, 11) is 0. The van der Waals surface area contributed by atoms with E-state index in [0.29, 0.717) is 18.7 Å². The van der Waals surface area contributed by atoms with Crippen LogP contribution in [0.4, 0.5) is 11.4 Å². The van der Waals surface area contributed by atoms with Crippen molar-refractivity contribution in [3.63, 3.8) is 0 Å². The van der Waals surface area contributed by atoms with E-state index in [-0.39, 0.29) is 17.7 Å². The molecule has 0 spiro atoms. The highest BCUT2D eigenvalue weighted by Gasteiger charge is 2.10. The Balaban J connectivity index is 2.55. The number of unbranched alkanes of at least 4 members (excludes halogenated alkanes) is 3. The highest BCUT2D eigenvalue weighted by Crippen LogP contribution is 2.21. The maximum Gasteiger partial charge on any atom is 0.226 e. The number of rotatable bonds is 9. The van der Waals surface area contributed by atoms with Crippen molar-refractivity contribution in [1.29, 1.82) is 0 Å². The third-order valence-electron chi connectivity index (χ3n) is 3.66. The van der Waals surface area contributed by atoms with Gasteiger partial charge in [0.05, 0.1) is 0 Å². The minimum atomic E-state index is -0.0807. The van der Waals surface area contributed by atoms with Crippen LogP contribution in [-0.2, 0) is 9.59 Å². The quantitative estimate of drug-likeness (QED) is 0.610. The molecule has 0 atom stereocenters. The van der Waals surface area contributed by atoms with Crippen molar-refractivity contribution in [2.24, 2.45) is 11.7 Å². The van der Waals surface area contributed by atoms with Crippen molar-refractivity contribution < 1.29 is 9.59 Å². The van der Waals surface area contributed by atoms with E-state index in [1.54, 1.807) is 0 Å². The molecular formula is C18H29N3O2. The van der Waals surface area contributed by atoms with Crippen LogP contribution in [0.15, 0.2) is 18.2 Å². The first-order chi connectivity index (χ1) is 10.9. The van der Waals surface area contributed by atoms with Crippen LogP contribution in [0.2, 0.25) is 0 Å². The fraction of sp³-hybridized carbons (Fsp3) is 0.556. The van der Waals surface area contributed by atoms with Crippen molar-refractivity contribution in [2.45, 2.75) is 52.9 Å². The molecule has 0 saturated heterocycles. The molecule has 0 saturated carbocycles. The number of nitrogens with two attached hydrogens (primary N) is 1. The van der Waals surface area contributed by atoms with Gasteiger partial charge in [-0.2, -0.15) is 0 Å². The highest BCUT2D eigenvalue weighted by atomic mass is 16.2. The monoisotopic (exact) mass is 319 g/mol. The minimum Gasteiger partial charge on any atom is -0.330 e. The molecule has 0 bridgehead atoms. The molecule has 128 valence electrons. The van der Waals surface area contributed by atoms with Gasteiger partial charge in [0.1, 0.15) is 0 Å². The minimum absolute atomic E-state index is 0.00758. The summed E-state index contributed by atoms with van der Waals surface area (Å²) < 4.78 is 0. The second-order valence-electron chi connectivity index (χ2n) is 6.17. The van der Waals surface area contributed by atoms with Gasteiger partial charge < -0.3 is 16.4 Å². The Hall–Kier alpha value is -1.88. The second-order valence-corrected chi connectivity index (χ2v) is 6.17. The second kappa shape index (κ2) is 10.0. The molecule has 0 aliphatic rings. The first kappa shape index (κ1) is 19.2. The van der Waals surface area contributed by atoms with Crippen molar-refractivity contribution in [1.82, 2.24) is 0 Å². The fourth-order valence-electron chi connectivity index (χ4n) is 2.12. The molecule has 2 amide bonds. The summed E-state index contributed by atoms with van der Waals surface area (Å²) in [6, 6.07) is 5.55. The Bertz CT molecular complexity index is 527. The molecule has 0 radical (unpaired) electrons. The molecule has 0 aliphatic carbocycles. The summed E-state index contributed by atoms with van der Waals surface area (Å²) in [6.45, 7) is 6.33. The number of anilines is 2. The summed E-state index contributed by atoms with van der Waals surface area (Å²) in [5.41, 5.74) is 7.87. The molecule has 0 fully saturated rings. The number of benzene rings is 1. The molecule has 0 aliphatic heterocycles. The Labute approximate surface area is 139 Å². The van der Waals surface area contributed by atoms with Gasteiger partial charge in [0.2, 0.25) is 11.8 Å². The Morgan fingerprint density at radius 2 is 1.78 bits per heavy atom. The number of carbonyl (C=O) groups excluding carboxylic acids is 2. The number of amides is 2. The van der Waals surface area contributed by atoms with Gasteiger partial charge in [-0.05, 0) is 44.0 Å². The molecule has 0 heterocycles. The highest BCUT2D eigenvalue weighted by molar-refractivity contribution is 5.95. The van der Waals surface area contributed by atoms with E-state index in [1.807, 2.05) is 39.0 Å². The lowest BCUT2D eigenvalue weighted by Crippen LogP contribution is -2.18. The van der Waals surface area contributed by atoms with Gasteiger partial charge in [-0.15, -0.1) is 0 Å². The van der Waals surface area contributed by atoms with Crippen LogP contribution in [0.3, 0.4) is 0 Å². The summed E-state index contributed by atoms with van der Waals surface area (Å²) >= 11 is 0. The van der Waals surface area contributed by atoms with Gasteiger partial charge in [-0.1, -0.05) is 32.8 Å². The van der Waals surface area contributed by atoms with E-state index in [9.17, 15) is 9.59 Å². The average molecular weight is 319 g/mol. The molecule has 0 aromatic heterocycles. The molecule has 4 N–H and O–H groups in total. The predicted molar refractivity (Wildman–Crippen MR) is 95.4 cm³/mol. The first-order valence-corrected chi connectivity index (χ1v) is 8.35. The van der Waals surface area contributed by atoms with Gasteiger partial charge in [0.15, 0.2) is 0 Å². The molecule has 1 aromatic rings. The zero-order chi connectivity index (χ0) is 17.2. The van der Waals surface area contributed by atoms with E-state index in [2.05, 4.69) is 10.6 Å². The molecule has 0 unspecified atom stereocenters. The Kier molecular flexibility index (Phi) is 8.33. The summed E-state index contributed by atoms with van der Waals surface area (Å²) in [6.07, 6.45) is 4.48. The third-order valence-corrected chi connectivity index (χ3v) is 3.66. The van der Waals surface area contributed by atoms with Gasteiger partial charge in [-0.3, -0.25) is 9.59 Å². The van der Waals surface area contributed by atoms with Crippen molar-refractivity contribution in [2.75, 3.05) is 17.2 Å². The van der Waals surface area contributed by atoms with Crippen LogP contribution < -0.4 is 16.4 Å². The fourth-order valence-corrected chi connectivity index (χ4v) is 2.12. The normalized spacial score (nSPS) is 10.7. The summed E-state index contributed by atoms with van der Waals surface area (Å²) in [5, 5.41) is 5.78. The standard InChI is InChI=1S/C18H29N3O2/c1-13(2)18(23)20-15-10-9-14(3)16(12-15)21-17(22)8-6-4-5-7-11-19/h9-10,12-13H,4-8,11,19H2,1-3H3,(H,20,23)(H,21,22). The molecule has 23 heavy (non-hydrogen) atoms. The van der Waals surface area contributed by atoms with E-state index in [1.165, 1.54) is 0 Å². The average Bonchev–Trinajstić information content (AvgIpc) is 2.50. The Morgan fingerprint density at radius 3 is 2.43 bits per heavy atom. The number of hydrogen-bond acceptors (Lipinski definition) is 3. The number of hydrogen-bond donors (Lipinski definition) is 3. The first-order valence-electron chi connectivity index (χ1n) is 8.35. The number of carbonyl (C=O) groups is 2. The zero-order valence-corrected chi connectivity index (χ0v) is 14.4. The van der Waals surface area contributed by atoms with Crippen LogP contribution in [-0.4, -0.2) is 18.4 Å². The maximum absolute atomic E-state index is 12.0. The maximum atomic E-state index is 12.0. The van der Waals surface area contributed by atoms with Crippen LogP contribution in [0.25, 0.3) is 0 Å². The van der Waals surface area contributed by atoms with Gasteiger partial charge in [-0.25, -0.2) is 0 Å². The van der Waals surface area contributed by atoms with Crippen molar-refractivity contribution >= 4 is 23.2 Å². The number of nitrogens with one attached hydrogen (secondary N) is 2. The molecule has 1 aromatic carbocycles. The van der Waals surface area contributed by atoms with Crippen molar-refractivity contribution in [3.05, 3.63) is 23.8 Å². The van der Waals surface area contributed by atoms with Crippen LogP contribution in [0, 0.1) is 12.8 Å². The van der Waals surface area contributed by atoms with Crippen LogP contribution in [0.1, 0.15) is 51.5 Å². The Morgan fingerprint density at radius 1 is 1.09 bits per heavy atom. The lowest BCUT2D eigenvalue weighted by molar-refractivity contribution is -0.119. The predicted octanol–water partition coefficient (Wildman–Crippen LogP) is 3.44. The SMILES string of the molecule is Cc1ccc(NC(=O)C(C)C)cc1NC(=O)CCCCCCN. The summed E-state index contributed by atoms with van der Waals surface area (Å²) in [4.78, 5) is 23.8. The van der Waals surface area contributed by atoms with Crippen LogP contribution >= 0.6 is 0 Å². The van der Waals surface area contributed by atoms with Crippen molar-refractivity contribution in [3.8, 4) is 0 Å². The van der Waals surface area contributed by atoms with Gasteiger partial charge in [0, 0.05) is 23.7 Å². The topological polar surface area (TPSA) is 84.2 Å². The van der Waals surface area contributed by atoms with E-state index < -0.39 is 0 Å². The van der Waals surface area contributed by atoms with E-state index >= 15 is 0 Å². The van der Waals surface area contributed by atoms with Gasteiger partial charge in [0.25, 0.3) is 0 Å². The van der Waals surface area contributed by atoms with Gasteiger partial charge >= 0.3 is 0 Å². The molecule has 1 rings (SSSR count). The lowest BCUT2D eigenvalue weighted by atomic mass is 10.1. The third kappa shape index (κ3) is 7.28. The molecular weight excluding hydrogens is 290 g/mol. The zero-order valence-electron chi connectivity index (χ0n) is 14.4. The smallest absolute Gasteiger partial charge is 0.226 e. The molecule has 5 nitrogen and oxygen atoms in total.